The van der Waals surface area contributed by atoms with Crippen LogP contribution in [0.3, 0.4) is 0 Å². The van der Waals surface area contributed by atoms with Crippen LogP contribution in [-0.2, 0) is 35.0 Å². The highest BCUT2D eigenvalue weighted by Gasteiger charge is 2.17. The van der Waals surface area contributed by atoms with Crippen LogP contribution in [0.25, 0.3) is 0 Å². The number of esters is 3. The average Bonchev–Trinajstić information content (AvgIpc) is 2.56. The topological polar surface area (TPSA) is 90.9 Å². The van der Waals surface area contributed by atoms with Gasteiger partial charge in [-0.1, -0.05) is 0 Å². The van der Waals surface area contributed by atoms with Gasteiger partial charge in [-0.3, -0.25) is 4.79 Å². The maximum absolute atomic E-state index is 11.8. The lowest BCUT2D eigenvalue weighted by atomic mass is 10.1. The number of carbonyl (C=O) groups is 3. The first-order valence-corrected chi connectivity index (χ1v) is 8.69. The van der Waals surface area contributed by atoms with Crippen LogP contribution in [0.5, 0.6) is 0 Å². The fraction of sp³-hybridized carbons (Fsp3) is 0.312. The molecule has 0 aliphatic carbocycles. The monoisotopic (exact) mass is 477 g/mol. The Balaban J connectivity index is 3.12. The van der Waals surface area contributed by atoms with Gasteiger partial charge >= 0.3 is 17.9 Å². The SMILES string of the molecule is CCOC(=O)Cc1cc(Br)c(N/C(=C/C(=O)OC)C(=O)OC)c(Br)c1. The van der Waals surface area contributed by atoms with Gasteiger partial charge in [-0.2, -0.15) is 0 Å². The summed E-state index contributed by atoms with van der Waals surface area (Å²) in [5.41, 5.74) is 1.08. The number of carbonyl (C=O) groups excluding carboxylic acids is 3. The summed E-state index contributed by atoms with van der Waals surface area (Å²) >= 11 is 6.74. The largest absolute Gasteiger partial charge is 0.466 e. The highest BCUT2D eigenvalue weighted by atomic mass is 79.9. The van der Waals surface area contributed by atoms with Gasteiger partial charge in [-0.05, 0) is 56.5 Å². The first kappa shape index (κ1) is 21.2. The normalized spacial score (nSPS) is 10.8. The zero-order valence-electron chi connectivity index (χ0n) is 13.9. The Hall–Kier alpha value is -1.87. The molecule has 0 atom stereocenters. The summed E-state index contributed by atoms with van der Waals surface area (Å²) in [7, 11) is 2.39. The zero-order chi connectivity index (χ0) is 19.0. The van der Waals surface area contributed by atoms with E-state index < -0.39 is 11.9 Å². The van der Waals surface area contributed by atoms with Gasteiger partial charge in [-0.15, -0.1) is 0 Å². The molecule has 9 heteroatoms. The maximum Gasteiger partial charge on any atom is 0.354 e. The fourth-order valence-corrected chi connectivity index (χ4v) is 3.27. The molecular weight excluding hydrogens is 462 g/mol. The number of nitrogens with one attached hydrogen (secondary N) is 1. The molecule has 0 aliphatic heterocycles. The van der Waals surface area contributed by atoms with Gasteiger partial charge in [0.25, 0.3) is 0 Å². The lowest BCUT2D eigenvalue weighted by Gasteiger charge is -2.14. The Kier molecular flexibility index (Phi) is 8.64. The quantitative estimate of drug-likeness (QED) is 0.366. The number of halogens is 2. The summed E-state index contributed by atoms with van der Waals surface area (Å²) < 4.78 is 15.2. The van der Waals surface area contributed by atoms with Crippen LogP contribution in [-0.4, -0.2) is 38.7 Å². The molecule has 0 radical (unpaired) electrons. The predicted octanol–water partition coefficient (Wildman–Crippen LogP) is 2.96. The molecule has 7 nitrogen and oxygen atoms in total. The Bertz CT molecular complexity index is 679. The van der Waals surface area contributed by atoms with Crippen molar-refractivity contribution in [1.82, 2.24) is 0 Å². The van der Waals surface area contributed by atoms with Crippen molar-refractivity contribution < 1.29 is 28.6 Å². The van der Waals surface area contributed by atoms with Crippen LogP contribution in [0.4, 0.5) is 5.69 Å². The second kappa shape index (κ2) is 10.2. The number of hydrogen-bond acceptors (Lipinski definition) is 7. The van der Waals surface area contributed by atoms with Gasteiger partial charge in [0.15, 0.2) is 0 Å². The van der Waals surface area contributed by atoms with E-state index in [9.17, 15) is 14.4 Å². The molecule has 0 heterocycles. The molecule has 0 fully saturated rings. The fourth-order valence-electron chi connectivity index (χ4n) is 1.79. The van der Waals surface area contributed by atoms with Gasteiger partial charge < -0.3 is 19.5 Å². The molecule has 25 heavy (non-hydrogen) atoms. The first-order valence-electron chi connectivity index (χ1n) is 7.10. The minimum atomic E-state index is -0.736. The van der Waals surface area contributed by atoms with Gasteiger partial charge in [0.05, 0.1) is 39.0 Å². The maximum atomic E-state index is 11.8. The number of benzene rings is 1. The minimum Gasteiger partial charge on any atom is -0.466 e. The minimum absolute atomic E-state index is 0.103. The number of anilines is 1. The molecule has 0 spiro atoms. The molecule has 0 unspecified atom stereocenters. The highest BCUT2D eigenvalue weighted by molar-refractivity contribution is 9.11. The Morgan fingerprint density at radius 1 is 1.12 bits per heavy atom. The second-order valence-corrected chi connectivity index (χ2v) is 6.32. The van der Waals surface area contributed by atoms with Crippen molar-refractivity contribution in [2.45, 2.75) is 13.3 Å². The molecule has 1 aromatic rings. The summed E-state index contributed by atoms with van der Waals surface area (Å²) in [6.07, 6.45) is 1.09. The molecule has 1 rings (SSSR count). The van der Waals surface area contributed by atoms with Crippen LogP contribution in [0.1, 0.15) is 12.5 Å². The number of rotatable bonds is 7. The molecule has 0 aromatic heterocycles. The molecule has 0 saturated heterocycles. The molecule has 0 aliphatic rings. The molecule has 0 amide bonds. The molecule has 1 N–H and O–H groups in total. The van der Waals surface area contributed by atoms with Crippen molar-refractivity contribution in [2.24, 2.45) is 0 Å². The van der Waals surface area contributed by atoms with Crippen LogP contribution >= 0.6 is 31.9 Å². The van der Waals surface area contributed by atoms with E-state index in [4.69, 9.17) is 4.74 Å². The van der Waals surface area contributed by atoms with Crippen molar-refractivity contribution in [3.63, 3.8) is 0 Å². The summed E-state index contributed by atoms with van der Waals surface area (Å²) in [5, 5.41) is 2.81. The van der Waals surface area contributed by atoms with E-state index in [1.807, 2.05) is 0 Å². The zero-order valence-corrected chi connectivity index (χ0v) is 17.0. The van der Waals surface area contributed by atoms with E-state index in [2.05, 4.69) is 46.7 Å². The number of hydrogen-bond donors (Lipinski definition) is 1. The summed E-state index contributed by atoms with van der Waals surface area (Å²) in [5.74, 6) is -1.79. The molecule has 0 bridgehead atoms. The van der Waals surface area contributed by atoms with Crippen LogP contribution in [0, 0.1) is 0 Å². The Morgan fingerprint density at radius 3 is 2.20 bits per heavy atom. The van der Waals surface area contributed by atoms with Crippen molar-refractivity contribution in [3.8, 4) is 0 Å². The third-order valence-electron chi connectivity index (χ3n) is 2.88. The standard InChI is InChI=1S/C16H17Br2NO6/c1-4-25-14(21)7-9-5-10(17)15(11(18)6-9)19-12(16(22)24-3)8-13(20)23-2/h5-6,8,19H,4,7H2,1-3H3/b12-8+. The van der Waals surface area contributed by atoms with Crippen molar-refractivity contribution in [2.75, 3.05) is 26.1 Å². The van der Waals surface area contributed by atoms with Crippen molar-refractivity contribution >= 4 is 55.5 Å². The highest BCUT2D eigenvalue weighted by Crippen LogP contribution is 2.34. The Labute approximate surface area is 162 Å². The number of methoxy groups -OCH3 is 2. The molecule has 1 aromatic carbocycles. The Morgan fingerprint density at radius 2 is 1.72 bits per heavy atom. The summed E-state index contributed by atoms with van der Waals surface area (Å²) in [6.45, 7) is 2.04. The molecular formula is C16H17Br2NO6. The van der Waals surface area contributed by atoms with E-state index >= 15 is 0 Å². The van der Waals surface area contributed by atoms with Crippen LogP contribution in [0.2, 0.25) is 0 Å². The lowest BCUT2D eigenvalue weighted by Crippen LogP contribution is -2.16. The lowest BCUT2D eigenvalue weighted by molar-refractivity contribution is -0.142. The first-order chi connectivity index (χ1) is 11.8. The van der Waals surface area contributed by atoms with E-state index in [0.717, 1.165) is 6.08 Å². The molecule has 0 saturated carbocycles. The average molecular weight is 479 g/mol. The predicted molar refractivity (Wildman–Crippen MR) is 97.9 cm³/mol. The van der Waals surface area contributed by atoms with E-state index in [1.54, 1.807) is 19.1 Å². The summed E-state index contributed by atoms with van der Waals surface area (Å²) in [6, 6.07) is 3.41. The van der Waals surface area contributed by atoms with Crippen molar-refractivity contribution in [3.05, 3.63) is 38.4 Å². The second-order valence-electron chi connectivity index (χ2n) is 4.61. The summed E-state index contributed by atoms with van der Waals surface area (Å²) in [4.78, 5) is 34.8. The van der Waals surface area contributed by atoms with Crippen LogP contribution < -0.4 is 5.32 Å². The van der Waals surface area contributed by atoms with E-state index in [1.165, 1.54) is 14.2 Å². The molecule has 136 valence electrons. The van der Waals surface area contributed by atoms with E-state index in [0.29, 0.717) is 26.8 Å². The van der Waals surface area contributed by atoms with E-state index in [-0.39, 0.29) is 18.1 Å². The van der Waals surface area contributed by atoms with Crippen molar-refractivity contribution in [1.29, 1.82) is 0 Å². The smallest absolute Gasteiger partial charge is 0.354 e. The van der Waals surface area contributed by atoms with Gasteiger partial charge in [0, 0.05) is 8.95 Å². The van der Waals surface area contributed by atoms with Gasteiger partial charge in [0.2, 0.25) is 0 Å². The van der Waals surface area contributed by atoms with Crippen LogP contribution in [0.15, 0.2) is 32.9 Å². The third-order valence-corrected chi connectivity index (χ3v) is 4.13. The van der Waals surface area contributed by atoms with Gasteiger partial charge in [0.1, 0.15) is 5.70 Å². The number of ether oxygens (including phenoxy) is 3. The van der Waals surface area contributed by atoms with Gasteiger partial charge in [-0.25, -0.2) is 9.59 Å². The third kappa shape index (κ3) is 6.50.